The molecule has 4 aromatic heterocycles. The Hall–Kier alpha value is -7.30. The quantitative estimate of drug-likeness (QED) is 0.172. The molecule has 0 saturated carbocycles. The lowest BCUT2D eigenvalue weighted by atomic mass is 9.99. The van der Waals surface area contributed by atoms with Gasteiger partial charge in [0.25, 0.3) is 0 Å². The summed E-state index contributed by atoms with van der Waals surface area (Å²) in [6, 6.07) is 64.6. The number of nitrogens with zero attached hydrogens (tertiary/aromatic N) is 4. The number of allylic oxidation sites excluding steroid dienone is 1. The van der Waals surface area contributed by atoms with E-state index in [4.69, 9.17) is 9.97 Å². The second kappa shape index (κ2) is 13.2. The van der Waals surface area contributed by atoms with Gasteiger partial charge in [0.05, 0.1) is 39.3 Å². The number of aromatic nitrogens is 4. The van der Waals surface area contributed by atoms with Gasteiger partial charge in [-0.05, 0) is 79.6 Å². The molecular formula is C52H36N4. The van der Waals surface area contributed by atoms with Crippen molar-refractivity contribution in [2.45, 2.75) is 12.8 Å². The first-order valence-electron chi connectivity index (χ1n) is 19.3. The smallest absolute Gasteiger partial charge is 0.0710 e. The molecule has 0 atom stereocenters. The van der Waals surface area contributed by atoms with Gasteiger partial charge in [-0.25, -0.2) is 9.97 Å². The van der Waals surface area contributed by atoms with Gasteiger partial charge < -0.3 is 9.13 Å². The predicted molar refractivity (Wildman–Crippen MR) is 232 cm³/mol. The zero-order valence-corrected chi connectivity index (χ0v) is 30.7. The van der Waals surface area contributed by atoms with Crippen molar-refractivity contribution in [3.8, 4) is 56.4 Å². The van der Waals surface area contributed by atoms with E-state index in [9.17, 15) is 0 Å². The van der Waals surface area contributed by atoms with Crippen molar-refractivity contribution in [2.75, 3.05) is 0 Å². The van der Waals surface area contributed by atoms with Gasteiger partial charge in [0, 0.05) is 61.0 Å². The van der Waals surface area contributed by atoms with Gasteiger partial charge >= 0.3 is 0 Å². The number of hydrogen-bond acceptors (Lipinski definition) is 2. The fourth-order valence-corrected chi connectivity index (χ4v) is 8.68. The second-order valence-corrected chi connectivity index (χ2v) is 14.5. The van der Waals surface area contributed by atoms with Crippen molar-refractivity contribution >= 4 is 38.8 Å². The lowest BCUT2D eigenvalue weighted by molar-refractivity contribution is 0.888. The molecule has 4 heteroatoms. The Balaban J connectivity index is 1.08. The predicted octanol–water partition coefficient (Wildman–Crippen LogP) is 13.1. The molecule has 264 valence electrons. The van der Waals surface area contributed by atoms with Crippen LogP contribution in [0.15, 0.2) is 188 Å². The Labute approximate surface area is 325 Å². The number of fused-ring (bicyclic) bond motifs is 7. The van der Waals surface area contributed by atoms with Crippen LogP contribution in [0.3, 0.4) is 0 Å². The zero-order valence-electron chi connectivity index (χ0n) is 30.7. The number of benzene rings is 6. The lowest BCUT2D eigenvalue weighted by Crippen LogP contribution is -2.03. The highest BCUT2D eigenvalue weighted by atomic mass is 15.0. The van der Waals surface area contributed by atoms with Crippen molar-refractivity contribution in [2.24, 2.45) is 0 Å². The van der Waals surface area contributed by atoms with Crippen molar-refractivity contribution in [1.82, 2.24) is 19.1 Å². The van der Waals surface area contributed by atoms with E-state index in [0.717, 1.165) is 69.2 Å². The highest BCUT2D eigenvalue weighted by molar-refractivity contribution is 6.23. The van der Waals surface area contributed by atoms with Crippen LogP contribution in [0.4, 0.5) is 0 Å². The highest BCUT2D eigenvalue weighted by Gasteiger charge is 2.24. The summed E-state index contributed by atoms with van der Waals surface area (Å²) >= 11 is 0. The SMILES string of the molecule is C1=Cc2c(n(-c3cccc(-c4cccc(-c5ccccc5)n4)c3)c3ccc4c(c5ccccc5n4-c4cccc(-c5cccc(-c6ccccc6)n5)c4)c23)CC1. The molecule has 11 rings (SSSR count). The first-order valence-corrected chi connectivity index (χ1v) is 19.3. The van der Waals surface area contributed by atoms with Crippen LogP contribution in [0.5, 0.6) is 0 Å². The first-order chi connectivity index (χ1) is 27.8. The van der Waals surface area contributed by atoms with E-state index in [1.807, 2.05) is 12.1 Å². The fraction of sp³-hybridized carbons (Fsp3) is 0.0385. The Morgan fingerprint density at radius 1 is 0.393 bits per heavy atom. The van der Waals surface area contributed by atoms with E-state index in [0.29, 0.717) is 0 Å². The van der Waals surface area contributed by atoms with E-state index < -0.39 is 0 Å². The summed E-state index contributed by atoms with van der Waals surface area (Å²) in [5.41, 5.74) is 16.8. The molecule has 0 amide bonds. The monoisotopic (exact) mass is 716 g/mol. The van der Waals surface area contributed by atoms with Gasteiger partial charge in [-0.3, -0.25) is 0 Å². The topological polar surface area (TPSA) is 35.6 Å². The van der Waals surface area contributed by atoms with Gasteiger partial charge in [-0.2, -0.15) is 0 Å². The third kappa shape index (κ3) is 5.30. The van der Waals surface area contributed by atoms with Crippen LogP contribution < -0.4 is 0 Å². The molecule has 6 aromatic carbocycles. The summed E-state index contributed by atoms with van der Waals surface area (Å²) in [6.45, 7) is 0. The standard InChI is InChI=1S/C52H36N4/c1-3-15-35(16-4-1)43-25-13-27-45(53-43)37-19-11-21-39(33-37)55-47-29-9-7-23-41(47)51-49(55)31-32-50-52(51)42-24-8-10-30-48(42)56(50)40-22-12-20-38(34-40)46-28-14-26-44(54-46)36-17-5-2-6-18-36/h1-9,11-29,31-34H,10,30H2. The normalized spacial score (nSPS) is 12.4. The minimum absolute atomic E-state index is 0.955. The third-order valence-electron chi connectivity index (χ3n) is 11.2. The Kier molecular flexibility index (Phi) is 7.59. The fourth-order valence-electron chi connectivity index (χ4n) is 8.68. The molecule has 4 heterocycles. The van der Waals surface area contributed by atoms with Crippen LogP contribution >= 0.6 is 0 Å². The minimum Gasteiger partial charge on any atom is -0.313 e. The van der Waals surface area contributed by atoms with Crippen LogP contribution in [0.1, 0.15) is 17.7 Å². The molecule has 0 saturated heterocycles. The van der Waals surface area contributed by atoms with Crippen molar-refractivity contribution in [3.05, 3.63) is 199 Å². The molecule has 0 N–H and O–H groups in total. The highest BCUT2D eigenvalue weighted by Crippen LogP contribution is 2.43. The molecule has 0 radical (unpaired) electrons. The second-order valence-electron chi connectivity index (χ2n) is 14.5. The van der Waals surface area contributed by atoms with Crippen LogP contribution in [-0.4, -0.2) is 19.1 Å². The Morgan fingerprint density at radius 2 is 0.893 bits per heavy atom. The molecular weight excluding hydrogens is 681 g/mol. The first kappa shape index (κ1) is 32.2. The Morgan fingerprint density at radius 3 is 1.52 bits per heavy atom. The Bertz CT molecular complexity index is 3130. The van der Waals surface area contributed by atoms with Crippen molar-refractivity contribution < 1.29 is 0 Å². The number of hydrogen-bond donors (Lipinski definition) is 0. The van der Waals surface area contributed by atoms with Crippen molar-refractivity contribution in [3.63, 3.8) is 0 Å². The molecule has 0 spiro atoms. The largest absolute Gasteiger partial charge is 0.313 e. The summed E-state index contributed by atoms with van der Waals surface area (Å²) in [5.74, 6) is 0. The van der Waals surface area contributed by atoms with E-state index >= 15 is 0 Å². The molecule has 0 unspecified atom stereocenters. The van der Waals surface area contributed by atoms with Crippen LogP contribution in [-0.2, 0) is 6.42 Å². The summed E-state index contributed by atoms with van der Waals surface area (Å²) in [6.07, 6.45) is 6.67. The lowest BCUT2D eigenvalue weighted by Gasteiger charge is -2.14. The molecule has 1 aliphatic carbocycles. The van der Waals surface area contributed by atoms with Crippen LogP contribution in [0.25, 0.3) is 95.2 Å². The van der Waals surface area contributed by atoms with Gasteiger partial charge in [0.15, 0.2) is 0 Å². The molecule has 4 nitrogen and oxygen atoms in total. The van der Waals surface area contributed by atoms with E-state index in [1.165, 1.54) is 44.0 Å². The maximum absolute atomic E-state index is 5.11. The van der Waals surface area contributed by atoms with E-state index in [-0.39, 0.29) is 0 Å². The molecule has 0 fully saturated rings. The van der Waals surface area contributed by atoms with E-state index in [2.05, 4.69) is 191 Å². The average molecular weight is 717 g/mol. The molecule has 0 aliphatic heterocycles. The maximum atomic E-state index is 5.11. The van der Waals surface area contributed by atoms with Gasteiger partial charge in [0.1, 0.15) is 0 Å². The molecule has 0 bridgehead atoms. The minimum atomic E-state index is 0.955. The number of rotatable bonds is 6. The van der Waals surface area contributed by atoms with Crippen LogP contribution in [0, 0.1) is 0 Å². The summed E-state index contributed by atoms with van der Waals surface area (Å²) in [7, 11) is 0. The number of para-hydroxylation sites is 1. The summed E-state index contributed by atoms with van der Waals surface area (Å²) < 4.78 is 4.92. The average Bonchev–Trinajstić information content (AvgIpc) is 3.80. The zero-order chi connectivity index (χ0) is 37.0. The van der Waals surface area contributed by atoms with Crippen molar-refractivity contribution in [1.29, 1.82) is 0 Å². The molecule has 1 aliphatic rings. The third-order valence-corrected chi connectivity index (χ3v) is 11.2. The van der Waals surface area contributed by atoms with Gasteiger partial charge in [0.2, 0.25) is 0 Å². The summed E-state index contributed by atoms with van der Waals surface area (Å²) in [5, 5.41) is 3.83. The van der Waals surface area contributed by atoms with Gasteiger partial charge in [-0.15, -0.1) is 0 Å². The van der Waals surface area contributed by atoms with E-state index in [1.54, 1.807) is 0 Å². The van der Waals surface area contributed by atoms with Gasteiger partial charge in [-0.1, -0.05) is 127 Å². The summed E-state index contributed by atoms with van der Waals surface area (Å²) in [4.78, 5) is 10.2. The maximum Gasteiger partial charge on any atom is 0.0710 e. The molecule has 56 heavy (non-hydrogen) atoms. The number of pyridine rings is 2. The molecule has 10 aromatic rings. The van der Waals surface area contributed by atoms with Crippen LogP contribution in [0.2, 0.25) is 0 Å².